The minimum atomic E-state index is -0.488. The summed E-state index contributed by atoms with van der Waals surface area (Å²) in [5.74, 6) is 0.469. The number of aliphatic hydroxyl groups excluding tert-OH is 1. The Hall–Kier alpha value is -2.42. The lowest BCUT2D eigenvalue weighted by Crippen LogP contribution is -2.51. The van der Waals surface area contributed by atoms with Gasteiger partial charge in [-0.25, -0.2) is 0 Å². The second-order valence-corrected chi connectivity index (χ2v) is 8.74. The van der Waals surface area contributed by atoms with Crippen molar-refractivity contribution in [3.8, 4) is 5.75 Å². The molecule has 30 heavy (non-hydrogen) atoms. The summed E-state index contributed by atoms with van der Waals surface area (Å²) in [4.78, 5) is 32.2. The van der Waals surface area contributed by atoms with Crippen molar-refractivity contribution in [1.82, 2.24) is 9.80 Å². The van der Waals surface area contributed by atoms with Gasteiger partial charge in [0.25, 0.3) is 0 Å². The maximum absolute atomic E-state index is 13.0. The molecule has 2 aromatic rings. The molecule has 1 N–H and O–H groups in total. The third kappa shape index (κ3) is 4.50. The van der Waals surface area contributed by atoms with E-state index in [1.165, 1.54) is 0 Å². The molecule has 2 saturated heterocycles. The van der Waals surface area contributed by atoms with Crippen molar-refractivity contribution in [1.29, 1.82) is 0 Å². The highest BCUT2D eigenvalue weighted by molar-refractivity contribution is 7.10. The number of benzene rings is 1. The molecule has 8 heteroatoms. The first kappa shape index (κ1) is 20.8. The third-order valence-electron chi connectivity index (χ3n) is 5.85. The lowest BCUT2D eigenvalue weighted by Gasteiger charge is -2.36. The van der Waals surface area contributed by atoms with E-state index >= 15 is 0 Å². The summed E-state index contributed by atoms with van der Waals surface area (Å²) in [7, 11) is 1.60. The Morgan fingerprint density at radius 3 is 2.57 bits per heavy atom. The molecule has 2 aliphatic heterocycles. The van der Waals surface area contributed by atoms with Crippen LogP contribution in [0.4, 0.5) is 5.69 Å². The lowest BCUT2D eigenvalue weighted by molar-refractivity contribution is -0.137. The summed E-state index contributed by atoms with van der Waals surface area (Å²) in [5.41, 5.74) is 0.795. The molecule has 2 atom stereocenters. The molecular formula is C22H27N3O4S. The number of nitrogens with zero attached hydrogens (tertiary/aromatic N) is 3. The number of thiophene rings is 1. The van der Waals surface area contributed by atoms with Crippen LogP contribution in [0.3, 0.4) is 0 Å². The molecule has 2 amide bonds. The van der Waals surface area contributed by atoms with Crippen LogP contribution in [-0.4, -0.2) is 73.1 Å². The van der Waals surface area contributed by atoms with E-state index in [1.807, 2.05) is 46.7 Å². The van der Waals surface area contributed by atoms with Crippen LogP contribution in [0.5, 0.6) is 5.75 Å². The van der Waals surface area contributed by atoms with Crippen LogP contribution in [0.25, 0.3) is 0 Å². The van der Waals surface area contributed by atoms with Gasteiger partial charge in [0, 0.05) is 56.3 Å². The molecule has 0 spiro atoms. The molecule has 4 rings (SSSR count). The summed E-state index contributed by atoms with van der Waals surface area (Å²) >= 11 is 1.56. The summed E-state index contributed by atoms with van der Waals surface area (Å²) < 4.78 is 5.17. The summed E-state index contributed by atoms with van der Waals surface area (Å²) in [6.07, 6.45) is -0.236. The Bertz CT molecular complexity index is 863. The highest BCUT2D eigenvalue weighted by atomic mass is 32.1. The fourth-order valence-electron chi connectivity index (χ4n) is 4.11. The van der Waals surface area contributed by atoms with E-state index in [0.29, 0.717) is 26.2 Å². The number of β-amino-alcohol motifs (C(OH)–C–C–N with tert-alkyl or cyclic N) is 1. The highest BCUT2D eigenvalue weighted by Crippen LogP contribution is 2.28. The second-order valence-electron chi connectivity index (χ2n) is 7.76. The number of hydrogen-bond donors (Lipinski definition) is 1. The number of piperazine rings is 1. The molecule has 2 unspecified atom stereocenters. The van der Waals surface area contributed by atoms with Crippen LogP contribution < -0.4 is 9.64 Å². The molecule has 2 fully saturated rings. The molecule has 0 radical (unpaired) electrons. The zero-order valence-electron chi connectivity index (χ0n) is 17.1. The molecule has 1 aromatic heterocycles. The van der Waals surface area contributed by atoms with Gasteiger partial charge in [0.2, 0.25) is 11.8 Å². The monoisotopic (exact) mass is 429 g/mol. The Morgan fingerprint density at radius 2 is 1.93 bits per heavy atom. The minimum absolute atomic E-state index is 0.0174. The largest absolute Gasteiger partial charge is 0.497 e. The van der Waals surface area contributed by atoms with E-state index < -0.39 is 6.10 Å². The molecular weight excluding hydrogens is 402 g/mol. The normalized spacial score (nSPS) is 21.1. The topological polar surface area (TPSA) is 73.3 Å². The fraction of sp³-hybridized carbons (Fsp3) is 0.455. The van der Waals surface area contributed by atoms with Gasteiger partial charge in [-0.15, -0.1) is 11.3 Å². The number of methoxy groups -OCH3 is 1. The van der Waals surface area contributed by atoms with E-state index in [4.69, 9.17) is 4.74 Å². The number of rotatable bonds is 6. The SMILES string of the molecule is COc1ccc(N2CC(C(=O)N3CCN(CC(O)c4cccs4)CC3)CC2=O)cc1. The van der Waals surface area contributed by atoms with E-state index in [2.05, 4.69) is 4.90 Å². The number of carbonyl (C=O) groups excluding carboxylic acids is 2. The zero-order valence-corrected chi connectivity index (χ0v) is 17.9. The quantitative estimate of drug-likeness (QED) is 0.760. The van der Waals surface area contributed by atoms with Crippen molar-refractivity contribution >= 4 is 28.8 Å². The number of anilines is 1. The van der Waals surface area contributed by atoms with Gasteiger partial charge < -0.3 is 19.6 Å². The van der Waals surface area contributed by atoms with Gasteiger partial charge in [-0.2, -0.15) is 0 Å². The molecule has 0 saturated carbocycles. The van der Waals surface area contributed by atoms with Crippen molar-refractivity contribution in [2.75, 3.05) is 51.3 Å². The predicted octanol–water partition coefficient (Wildman–Crippen LogP) is 1.99. The van der Waals surface area contributed by atoms with E-state index in [9.17, 15) is 14.7 Å². The number of hydrogen-bond acceptors (Lipinski definition) is 6. The summed E-state index contributed by atoms with van der Waals surface area (Å²) in [6, 6.07) is 11.2. The number of aliphatic hydroxyl groups is 1. The first-order chi connectivity index (χ1) is 14.5. The minimum Gasteiger partial charge on any atom is -0.497 e. The first-order valence-corrected chi connectivity index (χ1v) is 11.1. The highest BCUT2D eigenvalue weighted by Gasteiger charge is 2.38. The Balaban J connectivity index is 1.29. The predicted molar refractivity (Wildman–Crippen MR) is 116 cm³/mol. The Morgan fingerprint density at radius 1 is 1.20 bits per heavy atom. The summed E-state index contributed by atoms with van der Waals surface area (Å²) in [5, 5.41) is 12.3. The smallest absolute Gasteiger partial charge is 0.228 e. The van der Waals surface area contributed by atoms with Crippen molar-refractivity contribution in [2.24, 2.45) is 5.92 Å². The first-order valence-electron chi connectivity index (χ1n) is 10.2. The molecule has 160 valence electrons. The maximum atomic E-state index is 13.0. The Kier molecular flexibility index (Phi) is 6.36. The fourth-order valence-corrected chi connectivity index (χ4v) is 4.81. The Labute approximate surface area is 180 Å². The molecule has 2 aliphatic rings. The molecule has 3 heterocycles. The van der Waals surface area contributed by atoms with Crippen molar-refractivity contribution in [3.05, 3.63) is 46.7 Å². The van der Waals surface area contributed by atoms with Crippen LogP contribution in [0.1, 0.15) is 17.4 Å². The van der Waals surface area contributed by atoms with Gasteiger partial charge in [0.1, 0.15) is 11.9 Å². The van der Waals surface area contributed by atoms with Gasteiger partial charge in [-0.05, 0) is 35.7 Å². The maximum Gasteiger partial charge on any atom is 0.228 e. The zero-order chi connectivity index (χ0) is 21.1. The summed E-state index contributed by atoms with van der Waals surface area (Å²) in [6.45, 7) is 3.72. The average molecular weight is 430 g/mol. The van der Waals surface area contributed by atoms with Crippen LogP contribution in [0, 0.1) is 5.92 Å². The van der Waals surface area contributed by atoms with Crippen molar-refractivity contribution in [3.63, 3.8) is 0 Å². The molecule has 0 bridgehead atoms. The van der Waals surface area contributed by atoms with Gasteiger partial charge >= 0.3 is 0 Å². The standard InChI is InChI=1S/C22H27N3O4S/c1-29-18-6-4-17(5-7-18)25-14-16(13-21(25)27)22(28)24-10-8-23(9-11-24)15-19(26)20-3-2-12-30-20/h2-7,12,16,19,26H,8-11,13-15H2,1H3. The lowest BCUT2D eigenvalue weighted by atomic mass is 10.1. The second kappa shape index (κ2) is 9.16. The van der Waals surface area contributed by atoms with E-state index in [-0.39, 0.29) is 24.2 Å². The van der Waals surface area contributed by atoms with E-state index in [0.717, 1.165) is 29.4 Å². The van der Waals surface area contributed by atoms with E-state index in [1.54, 1.807) is 23.3 Å². The van der Waals surface area contributed by atoms with Gasteiger partial charge in [0.05, 0.1) is 13.0 Å². The van der Waals surface area contributed by atoms with Gasteiger partial charge in [0.15, 0.2) is 0 Å². The van der Waals surface area contributed by atoms with Gasteiger partial charge in [-0.3, -0.25) is 14.5 Å². The molecule has 0 aliphatic carbocycles. The van der Waals surface area contributed by atoms with Crippen LogP contribution >= 0.6 is 11.3 Å². The van der Waals surface area contributed by atoms with Crippen molar-refractivity contribution < 1.29 is 19.4 Å². The number of ether oxygens (including phenoxy) is 1. The molecule has 1 aromatic carbocycles. The third-order valence-corrected chi connectivity index (χ3v) is 6.82. The van der Waals surface area contributed by atoms with Crippen LogP contribution in [0.15, 0.2) is 41.8 Å². The van der Waals surface area contributed by atoms with Crippen LogP contribution in [-0.2, 0) is 9.59 Å². The van der Waals surface area contributed by atoms with Crippen LogP contribution in [0.2, 0.25) is 0 Å². The number of carbonyl (C=O) groups is 2. The molecule has 7 nitrogen and oxygen atoms in total. The van der Waals surface area contributed by atoms with Gasteiger partial charge in [-0.1, -0.05) is 6.07 Å². The average Bonchev–Trinajstić information content (AvgIpc) is 3.44. The van der Waals surface area contributed by atoms with Crippen molar-refractivity contribution in [2.45, 2.75) is 12.5 Å². The number of amides is 2.